The number of nitrogens with zero attached hydrogens (tertiary/aromatic N) is 5. The molecule has 0 aliphatic carbocycles. The fourth-order valence-corrected chi connectivity index (χ4v) is 3.60. The molecular formula is C16H19N5OS. The average molecular weight is 329 g/mol. The molecule has 3 rings (SSSR count). The van der Waals surface area contributed by atoms with Crippen LogP contribution < -0.4 is 9.77 Å². The van der Waals surface area contributed by atoms with Crippen LogP contribution in [0.2, 0.25) is 0 Å². The van der Waals surface area contributed by atoms with Crippen molar-refractivity contribution < 1.29 is 0 Å². The SMILES string of the molecule is Cc1csc(=O)n1CCN1CCN(c2ncccc2C#N)CC1. The molecule has 3 heterocycles. The first-order valence-corrected chi connectivity index (χ1v) is 8.54. The lowest BCUT2D eigenvalue weighted by Gasteiger charge is -2.35. The van der Waals surface area contributed by atoms with Crippen molar-refractivity contribution >= 4 is 17.2 Å². The zero-order valence-electron chi connectivity index (χ0n) is 13.1. The summed E-state index contributed by atoms with van der Waals surface area (Å²) < 4.78 is 1.84. The van der Waals surface area contributed by atoms with Gasteiger partial charge in [0.25, 0.3) is 0 Å². The van der Waals surface area contributed by atoms with E-state index in [-0.39, 0.29) is 4.87 Å². The Labute approximate surface area is 139 Å². The first-order valence-electron chi connectivity index (χ1n) is 7.66. The first kappa shape index (κ1) is 15.7. The fourth-order valence-electron chi connectivity index (χ4n) is 2.84. The maximum Gasteiger partial charge on any atom is 0.307 e. The number of anilines is 1. The number of pyridine rings is 1. The molecule has 6 nitrogen and oxygen atoms in total. The number of nitriles is 1. The first-order chi connectivity index (χ1) is 11.2. The fraction of sp³-hybridized carbons (Fsp3) is 0.438. The minimum absolute atomic E-state index is 0.119. The van der Waals surface area contributed by atoms with Crippen LogP contribution in [0, 0.1) is 18.3 Å². The third-order valence-electron chi connectivity index (χ3n) is 4.20. The summed E-state index contributed by atoms with van der Waals surface area (Å²) in [4.78, 5) is 20.7. The van der Waals surface area contributed by atoms with Gasteiger partial charge in [-0.25, -0.2) is 4.98 Å². The Morgan fingerprint density at radius 2 is 2.09 bits per heavy atom. The van der Waals surface area contributed by atoms with Gasteiger partial charge in [0, 0.05) is 56.5 Å². The Hall–Kier alpha value is -2.17. The average Bonchev–Trinajstić information content (AvgIpc) is 2.92. The van der Waals surface area contributed by atoms with Gasteiger partial charge >= 0.3 is 4.87 Å². The minimum atomic E-state index is 0.119. The van der Waals surface area contributed by atoms with Crippen LogP contribution in [0.5, 0.6) is 0 Å². The molecule has 0 N–H and O–H groups in total. The van der Waals surface area contributed by atoms with Crippen molar-refractivity contribution in [3.63, 3.8) is 0 Å². The highest BCUT2D eigenvalue weighted by Gasteiger charge is 2.20. The van der Waals surface area contributed by atoms with Crippen molar-refractivity contribution in [3.8, 4) is 6.07 Å². The molecule has 0 radical (unpaired) electrons. The third kappa shape index (κ3) is 3.44. The van der Waals surface area contributed by atoms with Crippen LogP contribution >= 0.6 is 11.3 Å². The van der Waals surface area contributed by atoms with E-state index in [4.69, 9.17) is 0 Å². The molecule has 0 bridgehead atoms. The van der Waals surface area contributed by atoms with E-state index in [2.05, 4.69) is 20.9 Å². The van der Waals surface area contributed by atoms with Gasteiger partial charge in [-0.05, 0) is 19.1 Å². The van der Waals surface area contributed by atoms with Gasteiger partial charge in [-0.1, -0.05) is 11.3 Å². The van der Waals surface area contributed by atoms with E-state index >= 15 is 0 Å². The van der Waals surface area contributed by atoms with Crippen LogP contribution in [0.15, 0.2) is 28.5 Å². The van der Waals surface area contributed by atoms with Gasteiger partial charge in [-0.2, -0.15) is 5.26 Å². The predicted molar refractivity (Wildman–Crippen MR) is 90.9 cm³/mol. The molecule has 1 fully saturated rings. The van der Waals surface area contributed by atoms with E-state index in [9.17, 15) is 10.1 Å². The Bertz CT molecular complexity index is 767. The number of aromatic nitrogens is 2. The van der Waals surface area contributed by atoms with Crippen molar-refractivity contribution in [2.24, 2.45) is 0 Å². The molecule has 0 amide bonds. The van der Waals surface area contributed by atoms with E-state index in [1.54, 1.807) is 18.3 Å². The van der Waals surface area contributed by atoms with E-state index in [0.717, 1.165) is 50.8 Å². The van der Waals surface area contributed by atoms with E-state index in [1.807, 2.05) is 16.9 Å². The molecule has 0 saturated carbocycles. The molecule has 0 aromatic carbocycles. The summed E-state index contributed by atoms with van der Waals surface area (Å²) in [5, 5.41) is 11.1. The maximum atomic E-state index is 11.7. The van der Waals surface area contributed by atoms with E-state index in [0.29, 0.717) is 5.56 Å². The number of aryl methyl sites for hydroxylation is 1. The van der Waals surface area contributed by atoms with Crippen LogP contribution in [-0.2, 0) is 6.54 Å². The van der Waals surface area contributed by atoms with Crippen LogP contribution in [0.1, 0.15) is 11.3 Å². The second-order valence-electron chi connectivity index (χ2n) is 5.61. The monoisotopic (exact) mass is 329 g/mol. The summed E-state index contributed by atoms with van der Waals surface area (Å²) in [6, 6.07) is 5.80. The topological polar surface area (TPSA) is 65.2 Å². The van der Waals surface area contributed by atoms with Crippen LogP contribution in [0.25, 0.3) is 0 Å². The number of thiazole rings is 1. The molecule has 1 aliphatic heterocycles. The Balaban J connectivity index is 1.57. The number of hydrogen-bond donors (Lipinski definition) is 0. The van der Waals surface area contributed by atoms with Gasteiger partial charge in [-0.3, -0.25) is 9.69 Å². The summed E-state index contributed by atoms with van der Waals surface area (Å²) in [5.74, 6) is 0.777. The minimum Gasteiger partial charge on any atom is -0.353 e. The smallest absolute Gasteiger partial charge is 0.307 e. The number of rotatable bonds is 4. The molecule has 0 unspecified atom stereocenters. The normalized spacial score (nSPS) is 15.6. The highest BCUT2D eigenvalue weighted by atomic mass is 32.1. The zero-order valence-corrected chi connectivity index (χ0v) is 13.9. The second-order valence-corrected chi connectivity index (χ2v) is 6.43. The molecule has 2 aromatic heterocycles. The molecule has 120 valence electrons. The van der Waals surface area contributed by atoms with Gasteiger partial charge in [-0.15, -0.1) is 0 Å². The molecule has 23 heavy (non-hydrogen) atoms. The van der Waals surface area contributed by atoms with Gasteiger partial charge in [0.15, 0.2) is 0 Å². The van der Waals surface area contributed by atoms with E-state index < -0.39 is 0 Å². The molecule has 2 aromatic rings. The van der Waals surface area contributed by atoms with Crippen LogP contribution in [-0.4, -0.2) is 47.2 Å². The second kappa shape index (κ2) is 6.94. The van der Waals surface area contributed by atoms with Crippen molar-refractivity contribution in [2.75, 3.05) is 37.6 Å². The summed E-state index contributed by atoms with van der Waals surface area (Å²) in [6.07, 6.45) is 1.73. The molecule has 0 spiro atoms. The summed E-state index contributed by atoms with van der Waals surface area (Å²) in [6.45, 7) is 7.12. The predicted octanol–water partition coefficient (Wildman–Crippen LogP) is 1.31. The van der Waals surface area contributed by atoms with Gasteiger partial charge in [0.2, 0.25) is 0 Å². The summed E-state index contributed by atoms with van der Waals surface area (Å²) in [5.41, 5.74) is 1.66. The molecule has 0 atom stereocenters. The summed E-state index contributed by atoms with van der Waals surface area (Å²) >= 11 is 1.26. The lowest BCUT2D eigenvalue weighted by atomic mass is 10.2. The third-order valence-corrected chi connectivity index (χ3v) is 5.08. The van der Waals surface area contributed by atoms with Gasteiger partial charge in [0.05, 0.1) is 5.56 Å². The van der Waals surface area contributed by atoms with Crippen LogP contribution in [0.3, 0.4) is 0 Å². The molecule has 1 saturated heterocycles. The number of hydrogen-bond acceptors (Lipinski definition) is 6. The van der Waals surface area contributed by atoms with Gasteiger partial charge in [0.1, 0.15) is 11.9 Å². The van der Waals surface area contributed by atoms with Crippen molar-refractivity contribution in [1.82, 2.24) is 14.5 Å². The molecule has 1 aliphatic rings. The van der Waals surface area contributed by atoms with Crippen molar-refractivity contribution in [3.05, 3.63) is 44.6 Å². The highest BCUT2D eigenvalue weighted by Crippen LogP contribution is 2.17. The Morgan fingerprint density at radius 3 is 2.74 bits per heavy atom. The maximum absolute atomic E-state index is 11.7. The quantitative estimate of drug-likeness (QED) is 0.846. The Kier molecular flexibility index (Phi) is 4.74. The standard InChI is InChI=1S/C16H19N5OS/c1-13-12-23-16(22)21(13)10-7-19-5-8-20(9-6-19)15-14(11-17)3-2-4-18-15/h2-4,12H,5-10H2,1H3. The van der Waals surface area contributed by atoms with Gasteiger partial charge < -0.3 is 9.47 Å². The Morgan fingerprint density at radius 1 is 1.30 bits per heavy atom. The van der Waals surface area contributed by atoms with Crippen molar-refractivity contribution in [2.45, 2.75) is 13.5 Å². The van der Waals surface area contributed by atoms with E-state index in [1.165, 1.54) is 11.3 Å². The highest BCUT2D eigenvalue weighted by molar-refractivity contribution is 7.07. The zero-order chi connectivity index (χ0) is 16.2. The lowest BCUT2D eigenvalue weighted by Crippen LogP contribution is -2.48. The number of piperazine rings is 1. The van der Waals surface area contributed by atoms with Crippen molar-refractivity contribution in [1.29, 1.82) is 5.26 Å². The largest absolute Gasteiger partial charge is 0.353 e. The molecular weight excluding hydrogens is 310 g/mol. The van der Waals surface area contributed by atoms with Crippen LogP contribution in [0.4, 0.5) is 5.82 Å². The summed E-state index contributed by atoms with van der Waals surface area (Å²) in [7, 11) is 0. The molecule has 7 heteroatoms. The lowest BCUT2D eigenvalue weighted by molar-refractivity contribution is 0.246.